The van der Waals surface area contributed by atoms with E-state index in [1.54, 1.807) is 0 Å². The van der Waals surface area contributed by atoms with Gasteiger partial charge in [0.25, 0.3) is 11.6 Å². The van der Waals surface area contributed by atoms with Crippen molar-refractivity contribution >= 4 is 34.8 Å². The van der Waals surface area contributed by atoms with Crippen LogP contribution in [0.4, 0.5) is 10.1 Å². The first kappa shape index (κ1) is 16.2. The molecule has 0 unspecified atom stereocenters. The fourth-order valence-electron chi connectivity index (χ4n) is 1.71. The highest BCUT2D eigenvalue weighted by molar-refractivity contribution is 6.36. The van der Waals surface area contributed by atoms with Gasteiger partial charge in [0.2, 0.25) is 0 Å². The summed E-state index contributed by atoms with van der Waals surface area (Å²) in [6.07, 6.45) is 0. The van der Waals surface area contributed by atoms with E-state index in [4.69, 9.17) is 23.2 Å². The Labute approximate surface area is 134 Å². The smallest absolute Gasteiger partial charge is 0.269 e. The van der Waals surface area contributed by atoms with E-state index in [9.17, 15) is 19.3 Å². The van der Waals surface area contributed by atoms with Crippen LogP contribution in [0.15, 0.2) is 36.4 Å². The van der Waals surface area contributed by atoms with Crippen molar-refractivity contribution in [3.8, 4) is 0 Å². The summed E-state index contributed by atoms with van der Waals surface area (Å²) in [6.45, 7) is 0.122. The number of nitro benzene ring substituents is 1. The maximum Gasteiger partial charge on any atom is 0.269 e. The number of nitrogens with one attached hydrogen (secondary N) is 1. The Morgan fingerprint density at radius 3 is 2.41 bits per heavy atom. The summed E-state index contributed by atoms with van der Waals surface area (Å²) in [5.41, 5.74) is 0.577. The minimum Gasteiger partial charge on any atom is -0.348 e. The number of halogens is 3. The van der Waals surface area contributed by atoms with Crippen LogP contribution < -0.4 is 5.32 Å². The number of benzene rings is 2. The van der Waals surface area contributed by atoms with Gasteiger partial charge in [-0.15, -0.1) is 0 Å². The minimum absolute atomic E-state index is 0.0348. The van der Waals surface area contributed by atoms with Gasteiger partial charge >= 0.3 is 0 Å². The first-order valence-corrected chi connectivity index (χ1v) is 6.80. The van der Waals surface area contributed by atoms with Crippen LogP contribution in [0.5, 0.6) is 0 Å². The molecule has 2 aromatic rings. The number of rotatable bonds is 4. The predicted octanol–water partition coefficient (Wildman–Crippen LogP) is 3.97. The second-order valence-corrected chi connectivity index (χ2v) is 5.17. The van der Waals surface area contributed by atoms with Crippen molar-refractivity contribution in [2.24, 2.45) is 0 Å². The molecule has 22 heavy (non-hydrogen) atoms. The van der Waals surface area contributed by atoms with Crippen molar-refractivity contribution in [2.75, 3.05) is 0 Å². The lowest BCUT2D eigenvalue weighted by atomic mass is 10.1. The normalized spacial score (nSPS) is 10.3. The lowest BCUT2D eigenvalue weighted by Crippen LogP contribution is -2.23. The molecule has 0 saturated heterocycles. The highest BCUT2D eigenvalue weighted by Gasteiger charge is 2.14. The Bertz CT molecular complexity index is 736. The summed E-state index contributed by atoms with van der Waals surface area (Å²) in [4.78, 5) is 22.0. The molecule has 0 saturated carbocycles. The van der Waals surface area contributed by atoms with Gasteiger partial charge in [-0.25, -0.2) is 4.39 Å². The van der Waals surface area contributed by atoms with Crippen molar-refractivity contribution in [3.05, 3.63) is 73.5 Å². The van der Waals surface area contributed by atoms with Crippen LogP contribution in [0, 0.1) is 15.9 Å². The Hall–Kier alpha value is -2.18. The van der Waals surface area contributed by atoms with Crippen LogP contribution in [-0.2, 0) is 6.54 Å². The quantitative estimate of drug-likeness (QED) is 0.519. The molecule has 0 bridgehead atoms. The van der Waals surface area contributed by atoms with Gasteiger partial charge in [0, 0.05) is 18.7 Å². The fourth-order valence-corrected chi connectivity index (χ4v) is 2.18. The topological polar surface area (TPSA) is 72.2 Å². The maximum absolute atomic E-state index is 13.4. The van der Waals surface area contributed by atoms with Crippen LogP contribution in [0.2, 0.25) is 10.0 Å². The molecule has 0 fully saturated rings. The molecule has 0 spiro atoms. The molecule has 2 rings (SSSR count). The number of carbonyl (C=O) groups excluding carboxylic acids is 1. The average molecular weight is 343 g/mol. The van der Waals surface area contributed by atoms with Crippen LogP contribution in [0.1, 0.15) is 15.9 Å². The predicted molar refractivity (Wildman–Crippen MR) is 80.7 cm³/mol. The van der Waals surface area contributed by atoms with Crippen molar-refractivity contribution < 1.29 is 14.1 Å². The summed E-state index contributed by atoms with van der Waals surface area (Å²) >= 11 is 11.4. The summed E-state index contributed by atoms with van der Waals surface area (Å²) in [7, 11) is 0. The zero-order chi connectivity index (χ0) is 16.3. The standard InChI is InChI=1S/C14H9Cl2FN2O3/c15-11-6-12(16)13(17)5-10(11)14(20)18-7-8-1-3-9(4-2-8)19(21)22/h1-6H,7H2,(H,18,20). The number of nitro groups is 1. The van der Waals surface area contributed by atoms with Gasteiger partial charge in [-0.3, -0.25) is 14.9 Å². The number of carbonyl (C=O) groups is 1. The summed E-state index contributed by atoms with van der Waals surface area (Å²) < 4.78 is 13.4. The molecule has 0 radical (unpaired) electrons. The number of non-ortho nitro benzene ring substituents is 1. The second-order valence-electron chi connectivity index (χ2n) is 4.35. The molecule has 2 aromatic carbocycles. The number of amides is 1. The number of hydrogen-bond acceptors (Lipinski definition) is 3. The molecule has 1 N–H and O–H groups in total. The lowest BCUT2D eigenvalue weighted by molar-refractivity contribution is -0.384. The zero-order valence-electron chi connectivity index (χ0n) is 11.0. The van der Waals surface area contributed by atoms with Crippen LogP contribution in [0.3, 0.4) is 0 Å². The van der Waals surface area contributed by atoms with E-state index in [0.717, 1.165) is 12.1 Å². The van der Waals surface area contributed by atoms with Crippen LogP contribution in [0.25, 0.3) is 0 Å². The average Bonchev–Trinajstić information content (AvgIpc) is 2.49. The Morgan fingerprint density at radius 2 is 1.82 bits per heavy atom. The van der Waals surface area contributed by atoms with Gasteiger partial charge in [-0.1, -0.05) is 35.3 Å². The third-order valence-electron chi connectivity index (χ3n) is 2.85. The molecule has 0 heterocycles. The lowest BCUT2D eigenvalue weighted by Gasteiger charge is -2.08. The van der Waals surface area contributed by atoms with Gasteiger partial charge in [0.15, 0.2) is 0 Å². The second kappa shape index (κ2) is 6.72. The molecule has 0 aromatic heterocycles. The maximum atomic E-state index is 13.4. The molecule has 114 valence electrons. The molecule has 8 heteroatoms. The molecule has 0 aliphatic rings. The van der Waals surface area contributed by atoms with E-state index in [1.165, 1.54) is 24.3 Å². The van der Waals surface area contributed by atoms with Crippen LogP contribution >= 0.6 is 23.2 Å². The molecule has 5 nitrogen and oxygen atoms in total. The van der Waals surface area contributed by atoms with Gasteiger partial charge in [0.1, 0.15) is 5.82 Å². The van der Waals surface area contributed by atoms with E-state index in [2.05, 4.69) is 5.32 Å². The van der Waals surface area contributed by atoms with E-state index < -0.39 is 16.6 Å². The Balaban J connectivity index is 2.07. The molecule has 0 aliphatic carbocycles. The first-order chi connectivity index (χ1) is 10.4. The Kier molecular flexibility index (Phi) is 4.95. The number of nitrogens with zero attached hydrogens (tertiary/aromatic N) is 1. The van der Waals surface area contributed by atoms with Crippen molar-refractivity contribution in [3.63, 3.8) is 0 Å². The minimum atomic E-state index is -0.744. The third-order valence-corrected chi connectivity index (χ3v) is 3.46. The summed E-state index contributed by atoms with van der Waals surface area (Å²) in [6, 6.07) is 7.80. The van der Waals surface area contributed by atoms with Gasteiger partial charge < -0.3 is 5.32 Å². The fraction of sp³-hybridized carbons (Fsp3) is 0.0714. The molecule has 0 aliphatic heterocycles. The van der Waals surface area contributed by atoms with E-state index in [1.807, 2.05) is 0 Å². The van der Waals surface area contributed by atoms with Crippen molar-refractivity contribution in [1.29, 1.82) is 0 Å². The highest BCUT2D eigenvalue weighted by Crippen LogP contribution is 2.24. The monoisotopic (exact) mass is 342 g/mol. The molecule has 0 atom stereocenters. The van der Waals surface area contributed by atoms with Crippen molar-refractivity contribution in [1.82, 2.24) is 5.32 Å². The van der Waals surface area contributed by atoms with Crippen molar-refractivity contribution in [2.45, 2.75) is 6.54 Å². The van der Waals surface area contributed by atoms with Gasteiger partial charge in [-0.2, -0.15) is 0 Å². The summed E-state index contributed by atoms with van der Waals surface area (Å²) in [5.74, 6) is -1.31. The zero-order valence-corrected chi connectivity index (χ0v) is 12.5. The van der Waals surface area contributed by atoms with E-state index in [0.29, 0.717) is 5.56 Å². The molecular weight excluding hydrogens is 334 g/mol. The first-order valence-electron chi connectivity index (χ1n) is 6.04. The highest BCUT2D eigenvalue weighted by atomic mass is 35.5. The SMILES string of the molecule is O=C(NCc1ccc([N+](=O)[O-])cc1)c1cc(F)c(Cl)cc1Cl. The van der Waals surface area contributed by atoms with Crippen LogP contribution in [-0.4, -0.2) is 10.8 Å². The molecular formula is C14H9Cl2FN2O3. The molecule has 1 amide bonds. The van der Waals surface area contributed by atoms with E-state index in [-0.39, 0.29) is 27.8 Å². The third kappa shape index (κ3) is 3.72. The Morgan fingerprint density at radius 1 is 1.18 bits per heavy atom. The summed E-state index contributed by atoms with van der Waals surface area (Å²) in [5, 5.41) is 12.9. The van der Waals surface area contributed by atoms with E-state index >= 15 is 0 Å². The van der Waals surface area contributed by atoms with Gasteiger partial charge in [0.05, 0.1) is 20.5 Å². The van der Waals surface area contributed by atoms with Gasteiger partial charge in [-0.05, 0) is 17.7 Å². The number of hydrogen-bond donors (Lipinski definition) is 1. The largest absolute Gasteiger partial charge is 0.348 e.